The van der Waals surface area contributed by atoms with Crippen LogP contribution in [0.5, 0.6) is 0 Å². The number of nitrogens with one attached hydrogen (secondary N) is 1. The summed E-state index contributed by atoms with van der Waals surface area (Å²) in [6.07, 6.45) is 1.74. The van der Waals surface area contributed by atoms with E-state index < -0.39 is 0 Å². The van der Waals surface area contributed by atoms with Crippen molar-refractivity contribution in [1.29, 1.82) is 0 Å². The lowest BCUT2D eigenvalue weighted by Crippen LogP contribution is -1.90. The van der Waals surface area contributed by atoms with Crippen molar-refractivity contribution in [2.75, 3.05) is 5.73 Å². The second-order valence-corrected chi connectivity index (χ2v) is 7.56. The zero-order valence-corrected chi connectivity index (χ0v) is 13.5. The van der Waals surface area contributed by atoms with Crippen LogP contribution in [0.3, 0.4) is 0 Å². The number of thiophene rings is 1. The van der Waals surface area contributed by atoms with E-state index in [9.17, 15) is 0 Å². The Hall–Kier alpha value is -1.18. The molecule has 0 saturated carbocycles. The minimum atomic E-state index is 0.447. The molecule has 0 aromatic carbocycles. The van der Waals surface area contributed by atoms with Gasteiger partial charge in [0, 0.05) is 11.8 Å². The second-order valence-electron chi connectivity index (χ2n) is 3.81. The van der Waals surface area contributed by atoms with Crippen LogP contribution < -0.4 is 5.73 Å². The summed E-state index contributed by atoms with van der Waals surface area (Å²) in [5.74, 6) is 0.447. The van der Waals surface area contributed by atoms with E-state index in [4.69, 9.17) is 5.73 Å². The molecular weight excluding hydrogens is 392 g/mol. The lowest BCUT2D eigenvalue weighted by atomic mass is 10.1. The van der Waals surface area contributed by atoms with Crippen LogP contribution in [0.2, 0.25) is 0 Å². The van der Waals surface area contributed by atoms with E-state index >= 15 is 0 Å². The molecule has 0 aliphatic rings. The highest BCUT2D eigenvalue weighted by atomic mass is 79.9. The van der Waals surface area contributed by atoms with Crippen LogP contribution in [0.1, 0.15) is 0 Å². The molecule has 0 atom stereocenters. The van der Waals surface area contributed by atoms with E-state index in [2.05, 4.69) is 47.0 Å². The molecule has 3 heterocycles. The van der Waals surface area contributed by atoms with Crippen molar-refractivity contribution >= 4 is 49.0 Å². The fourth-order valence-corrected chi connectivity index (χ4v) is 4.65. The van der Waals surface area contributed by atoms with Gasteiger partial charge in [0.1, 0.15) is 0 Å². The lowest BCUT2D eigenvalue weighted by Gasteiger charge is -2.02. The molecule has 0 spiro atoms. The summed E-state index contributed by atoms with van der Waals surface area (Å²) in [4.78, 5) is 4.34. The van der Waals surface area contributed by atoms with Crippen LogP contribution in [0.15, 0.2) is 38.0 Å². The highest BCUT2D eigenvalue weighted by Gasteiger charge is 2.19. The summed E-state index contributed by atoms with van der Waals surface area (Å²) in [5.41, 5.74) is 9.47. The molecular formula is C12H8Br2N4S. The predicted molar refractivity (Wildman–Crippen MR) is 84.9 cm³/mol. The first-order valence-corrected chi connectivity index (χ1v) is 7.77. The first-order chi connectivity index (χ1) is 9.16. The summed E-state index contributed by atoms with van der Waals surface area (Å²) in [6, 6.07) is 7.74. The summed E-state index contributed by atoms with van der Waals surface area (Å²) in [6.45, 7) is 0. The van der Waals surface area contributed by atoms with Crippen LogP contribution in [0, 0.1) is 0 Å². The highest BCUT2D eigenvalue weighted by molar-refractivity contribution is 9.12. The number of nitrogens with two attached hydrogens (primary N) is 1. The van der Waals surface area contributed by atoms with Crippen LogP contribution in [0.25, 0.3) is 22.5 Å². The maximum Gasteiger partial charge on any atom is 0.155 e. The summed E-state index contributed by atoms with van der Waals surface area (Å²) < 4.78 is 2.05. The number of anilines is 1. The van der Waals surface area contributed by atoms with Crippen molar-refractivity contribution in [2.45, 2.75) is 0 Å². The Morgan fingerprint density at radius 3 is 2.74 bits per heavy atom. The molecule has 3 aromatic rings. The SMILES string of the molecule is Nc1n[nH]c(-c2cc(Br)sc2Br)c1-c1ccccn1. The quantitative estimate of drug-likeness (QED) is 0.674. The molecule has 4 nitrogen and oxygen atoms in total. The summed E-state index contributed by atoms with van der Waals surface area (Å²) >= 11 is 8.63. The van der Waals surface area contributed by atoms with Crippen LogP contribution >= 0.6 is 43.2 Å². The number of aromatic nitrogens is 3. The van der Waals surface area contributed by atoms with Crippen molar-refractivity contribution in [3.05, 3.63) is 38.0 Å². The topological polar surface area (TPSA) is 67.6 Å². The maximum absolute atomic E-state index is 5.96. The van der Waals surface area contributed by atoms with Crippen molar-refractivity contribution in [3.63, 3.8) is 0 Å². The van der Waals surface area contributed by atoms with E-state index in [0.717, 1.165) is 30.1 Å². The largest absolute Gasteiger partial charge is 0.382 e. The molecule has 96 valence electrons. The third kappa shape index (κ3) is 2.33. The normalized spacial score (nSPS) is 10.8. The summed E-state index contributed by atoms with van der Waals surface area (Å²) in [7, 11) is 0. The van der Waals surface area contributed by atoms with Gasteiger partial charge in [-0.15, -0.1) is 11.3 Å². The average Bonchev–Trinajstić information content (AvgIpc) is 2.93. The van der Waals surface area contributed by atoms with Gasteiger partial charge in [0.05, 0.1) is 24.5 Å². The molecule has 19 heavy (non-hydrogen) atoms. The van der Waals surface area contributed by atoms with Crippen molar-refractivity contribution in [2.24, 2.45) is 0 Å². The van der Waals surface area contributed by atoms with E-state index in [-0.39, 0.29) is 0 Å². The first-order valence-electron chi connectivity index (χ1n) is 5.37. The van der Waals surface area contributed by atoms with Gasteiger partial charge >= 0.3 is 0 Å². The lowest BCUT2D eigenvalue weighted by molar-refractivity contribution is 1.10. The van der Waals surface area contributed by atoms with Gasteiger partial charge in [-0.05, 0) is 50.1 Å². The van der Waals surface area contributed by atoms with Crippen molar-refractivity contribution in [3.8, 4) is 22.5 Å². The Labute approximate surface area is 130 Å². The number of nitrogens with zero attached hydrogens (tertiary/aromatic N) is 2. The number of hydrogen-bond donors (Lipinski definition) is 2. The Bertz CT molecular complexity index is 721. The Morgan fingerprint density at radius 1 is 1.26 bits per heavy atom. The van der Waals surface area contributed by atoms with Gasteiger partial charge in [-0.2, -0.15) is 5.10 Å². The minimum absolute atomic E-state index is 0.447. The van der Waals surface area contributed by atoms with Gasteiger partial charge in [0.2, 0.25) is 0 Å². The Balaban J connectivity index is 2.22. The predicted octanol–water partition coefficient (Wildman–Crippen LogP) is 4.31. The Kier molecular flexibility index (Phi) is 3.42. The molecule has 0 saturated heterocycles. The standard InChI is InChI=1S/C12H8Br2N4S/c13-8-5-6(11(14)19-8)10-9(12(15)18-17-10)7-3-1-2-4-16-7/h1-5H,(H3,15,17,18). The fraction of sp³-hybridized carbons (Fsp3) is 0. The monoisotopic (exact) mass is 398 g/mol. The Morgan fingerprint density at radius 2 is 2.11 bits per heavy atom. The first kappa shape index (κ1) is 12.8. The molecule has 3 N–H and O–H groups in total. The number of H-pyrrole nitrogens is 1. The third-order valence-electron chi connectivity index (χ3n) is 2.64. The van der Waals surface area contributed by atoms with E-state index in [1.165, 1.54) is 0 Å². The van der Waals surface area contributed by atoms with Gasteiger partial charge in [-0.25, -0.2) is 0 Å². The number of hydrogen-bond acceptors (Lipinski definition) is 4. The molecule has 0 fully saturated rings. The number of pyridine rings is 1. The second kappa shape index (κ2) is 5.07. The van der Waals surface area contributed by atoms with Gasteiger partial charge in [-0.3, -0.25) is 10.1 Å². The molecule has 0 amide bonds. The van der Waals surface area contributed by atoms with Gasteiger partial charge in [0.15, 0.2) is 5.82 Å². The van der Waals surface area contributed by atoms with Gasteiger partial charge in [0.25, 0.3) is 0 Å². The third-order valence-corrected chi connectivity index (χ3v) is 4.98. The van der Waals surface area contributed by atoms with Gasteiger partial charge < -0.3 is 5.73 Å². The zero-order chi connectivity index (χ0) is 13.4. The molecule has 3 rings (SSSR count). The number of aromatic amines is 1. The number of rotatable bonds is 2. The molecule has 0 radical (unpaired) electrons. The van der Waals surface area contributed by atoms with Gasteiger partial charge in [-0.1, -0.05) is 6.07 Å². The number of halogens is 2. The molecule has 0 aliphatic heterocycles. The molecule has 7 heteroatoms. The minimum Gasteiger partial charge on any atom is -0.382 e. The highest BCUT2D eigenvalue weighted by Crippen LogP contribution is 2.42. The summed E-state index contributed by atoms with van der Waals surface area (Å²) in [5, 5.41) is 7.08. The maximum atomic E-state index is 5.96. The molecule has 0 bridgehead atoms. The van der Waals surface area contributed by atoms with Crippen LogP contribution in [-0.2, 0) is 0 Å². The zero-order valence-electron chi connectivity index (χ0n) is 9.52. The van der Waals surface area contributed by atoms with Crippen molar-refractivity contribution < 1.29 is 0 Å². The van der Waals surface area contributed by atoms with Crippen LogP contribution in [-0.4, -0.2) is 15.2 Å². The average molecular weight is 400 g/mol. The fourth-order valence-electron chi connectivity index (χ4n) is 1.83. The molecule has 0 unspecified atom stereocenters. The van der Waals surface area contributed by atoms with Crippen molar-refractivity contribution in [1.82, 2.24) is 15.2 Å². The molecule has 0 aliphatic carbocycles. The van der Waals surface area contributed by atoms with E-state index in [1.54, 1.807) is 17.5 Å². The molecule has 3 aromatic heterocycles. The van der Waals surface area contributed by atoms with Crippen LogP contribution in [0.4, 0.5) is 5.82 Å². The van der Waals surface area contributed by atoms with E-state index in [1.807, 2.05) is 24.3 Å². The van der Waals surface area contributed by atoms with E-state index in [0.29, 0.717) is 5.82 Å². The number of nitrogen functional groups attached to an aromatic ring is 1. The smallest absolute Gasteiger partial charge is 0.155 e.